The number of piperazine rings is 1. The molecule has 2 atom stereocenters. The van der Waals surface area contributed by atoms with Crippen molar-refractivity contribution in [1.82, 2.24) is 25.3 Å². The second-order valence-electron chi connectivity index (χ2n) is 7.55. The fourth-order valence-corrected chi connectivity index (χ4v) is 3.83. The predicted molar refractivity (Wildman–Crippen MR) is 102 cm³/mol. The second-order valence-corrected chi connectivity index (χ2v) is 7.55. The molecule has 2 aliphatic heterocycles. The molecule has 1 amide bonds. The molecule has 1 aromatic heterocycles. The van der Waals surface area contributed by atoms with Crippen molar-refractivity contribution >= 4 is 5.91 Å². The summed E-state index contributed by atoms with van der Waals surface area (Å²) >= 11 is 0. The van der Waals surface area contributed by atoms with Crippen molar-refractivity contribution in [1.29, 1.82) is 0 Å². The third-order valence-electron chi connectivity index (χ3n) is 5.69. The summed E-state index contributed by atoms with van der Waals surface area (Å²) in [6.45, 7) is 9.10. The average Bonchev–Trinajstić information content (AvgIpc) is 3.40. The molecule has 0 spiro atoms. The Bertz CT molecular complexity index is 774. The van der Waals surface area contributed by atoms with Crippen molar-refractivity contribution in [2.45, 2.75) is 26.3 Å². The molecule has 1 aromatic carbocycles. The van der Waals surface area contributed by atoms with Crippen LogP contribution >= 0.6 is 0 Å². The van der Waals surface area contributed by atoms with Crippen LogP contribution in [0.4, 0.5) is 0 Å². The molecule has 4 rings (SSSR count). The molecule has 2 unspecified atom stereocenters. The summed E-state index contributed by atoms with van der Waals surface area (Å²) in [7, 11) is 0. The highest BCUT2D eigenvalue weighted by Crippen LogP contribution is 2.24. The van der Waals surface area contributed by atoms with Gasteiger partial charge >= 0.3 is 0 Å². The minimum Gasteiger partial charge on any atom is -0.340 e. The van der Waals surface area contributed by atoms with Crippen LogP contribution in [0.3, 0.4) is 0 Å². The van der Waals surface area contributed by atoms with Crippen molar-refractivity contribution in [3.05, 3.63) is 35.7 Å². The van der Waals surface area contributed by atoms with Crippen LogP contribution in [0.1, 0.15) is 30.8 Å². The highest BCUT2D eigenvalue weighted by Gasteiger charge is 2.31. The molecule has 27 heavy (non-hydrogen) atoms. The van der Waals surface area contributed by atoms with Crippen LogP contribution in [-0.4, -0.2) is 65.1 Å². The number of carbonyl (C=O) groups is 1. The van der Waals surface area contributed by atoms with Gasteiger partial charge in [0.2, 0.25) is 17.6 Å². The molecule has 2 fully saturated rings. The molecule has 0 saturated carbocycles. The van der Waals surface area contributed by atoms with Crippen LogP contribution < -0.4 is 5.32 Å². The van der Waals surface area contributed by atoms with Crippen LogP contribution in [0.15, 0.2) is 28.8 Å². The van der Waals surface area contributed by atoms with E-state index in [-0.39, 0.29) is 12.0 Å². The molecule has 7 nitrogen and oxygen atoms in total. The molecule has 144 valence electrons. The van der Waals surface area contributed by atoms with Gasteiger partial charge in [0, 0.05) is 38.3 Å². The monoisotopic (exact) mass is 369 g/mol. The number of hydrogen-bond donors (Lipinski definition) is 1. The molecule has 2 aromatic rings. The van der Waals surface area contributed by atoms with Crippen LogP contribution in [0.5, 0.6) is 0 Å². The predicted octanol–water partition coefficient (Wildman–Crippen LogP) is 1.86. The summed E-state index contributed by atoms with van der Waals surface area (Å²) in [5, 5.41) is 7.42. The van der Waals surface area contributed by atoms with Crippen molar-refractivity contribution in [3.63, 3.8) is 0 Å². The number of benzene rings is 1. The molecule has 3 heterocycles. The van der Waals surface area contributed by atoms with E-state index >= 15 is 0 Å². The molecule has 2 aliphatic rings. The number of hydrogen-bond acceptors (Lipinski definition) is 6. The Labute approximate surface area is 159 Å². The fourth-order valence-electron chi connectivity index (χ4n) is 3.83. The van der Waals surface area contributed by atoms with E-state index in [4.69, 9.17) is 4.52 Å². The van der Waals surface area contributed by atoms with Crippen LogP contribution in [0.2, 0.25) is 0 Å². The van der Waals surface area contributed by atoms with Gasteiger partial charge in [0.1, 0.15) is 0 Å². The number of carbonyl (C=O) groups excluding carboxylic acids is 1. The zero-order valence-electron chi connectivity index (χ0n) is 16.0. The lowest BCUT2D eigenvalue weighted by Crippen LogP contribution is -2.51. The third-order valence-corrected chi connectivity index (χ3v) is 5.69. The van der Waals surface area contributed by atoms with Gasteiger partial charge in [0.25, 0.3) is 0 Å². The highest BCUT2D eigenvalue weighted by molar-refractivity contribution is 5.79. The number of amides is 1. The first-order valence-corrected chi connectivity index (χ1v) is 9.76. The quantitative estimate of drug-likeness (QED) is 0.887. The minimum atomic E-state index is 0.0436. The smallest absolute Gasteiger partial charge is 0.244 e. The maximum absolute atomic E-state index is 12.6. The van der Waals surface area contributed by atoms with Gasteiger partial charge in [0.15, 0.2) is 0 Å². The Kier molecular flexibility index (Phi) is 5.22. The van der Waals surface area contributed by atoms with E-state index in [1.54, 1.807) is 0 Å². The zero-order chi connectivity index (χ0) is 18.8. The van der Waals surface area contributed by atoms with E-state index in [9.17, 15) is 4.79 Å². The number of aromatic nitrogens is 2. The van der Waals surface area contributed by atoms with Gasteiger partial charge < -0.3 is 14.7 Å². The lowest BCUT2D eigenvalue weighted by atomic mass is 10.1. The summed E-state index contributed by atoms with van der Waals surface area (Å²) in [5.74, 6) is 1.71. The van der Waals surface area contributed by atoms with E-state index in [1.165, 1.54) is 5.56 Å². The van der Waals surface area contributed by atoms with Crippen molar-refractivity contribution < 1.29 is 9.32 Å². The van der Waals surface area contributed by atoms with E-state index < -0.39 is 0 Å². The highest BCUT2D eigenvalue weighted by atomic mass is 16.5. The first-order chi connectivity index (χ1) is 13.1. The normalized spacial score (nSPS) is 22.1. The Hall–Kier alpha value is -2.25. The summed E-state index contributed by atoms with van der Waals surface area (Å²) in [4.78, 5) is 21.5. The maximum Gasteiger partial charge on any atom is 0.244 e. The van der Waals surface area contributed by atoms with E-state index in [1.807, 2.05) is 29.2 Å². The van der Waals surface area contributed by atoms with E-state index in [2.05, 4.69) is 34.2 Å². The SMILES string of the molecule is Cc1ccc(-c2noc(C(C)N3CCN(C(=O)C4CCNC4)CC3)n2)cc1. The number of aryl methyl sites for hydroxylation is 1. The first kappa shape index (κ1) is 18.1. The number of nitrogens with zero attached hydrogens (tertiary/aromatic N) is 4. The second kappa shape index (κ2) is 7.78. The summed E-state index contributed by atoms with van der Waals surface area (Å²) in [6.07, 6.45) is 0.958. The molecule has 0 radical (unpaired) electrons. The van der Waals surface area contributed by atoms with Gasteiger partial charge in [-0.1, -0.05) is 35.0 Å². The number of rotatable bonds is 4. The van der Waals surface area contributed by atoms with Gasteiger partial charge in [-0.05, 0) is 26.8 Å². The molecule has 0 bridgehead atoms. The Morgan fingerprint density at radius 3 is 2.63 bits per heavy atom. The standard InChI is InChI=1S/C20H27N5O2/c1-14-3-5-16(6-4-14)18-22-19(27-23-18)15(2)24-9-11-25(12-10-24)20(26)17-7-8-21-13-17/h3-6,15,17,21H,7-13H2,1-2H3. The van der Waals surface area contributed by atoms with Gasteiger partial charge in [-0.3, -0.25) is 9.69 Å². The lowest BCUT2D eigenvalue weighted by molar-refractivity contribution is -0.137. The van der Waals surface area contributed by atoms with E-state index in [0.717, 1.165) is 51.3 Å². The number of nitrogens with one attached hydrogen (secondary N) is 1. The van der Waals surface area contributed by atoms with Crippen molar-refractivity contribution in [3.8, 4) is 11.4 Å². The molecule has 1 N–H and O–H groups in total. The summed E-state index contributed by atoms with van der Waals surface area (Å²) in [5.41, 5.74) is 2.17. The topological polar surface area (TPSA) is 74.5 Å². The maximum atomic E-state index is 12.6. The van der Waals surface area contributed by atoms with Gasteiger partial charge in [-0.2, -0.15) is 4.98 Å². The Morgan fingerprint density at radius 2 is 1.96 bits per heavy atom. The third kappa shape index (κ3) is 3.89. The van der Waals surface area contributed by atoms with Crippen molar-refractivity contribution in [2.75, 3.05) is 39.3 Å². The molecular formula is C20H27N5O2. The zero-order valence-corrected chi connectivity index (χ0v) is 16.0. The first-order valence-electron chi connectivity index (χ1n) is 9.76. The summed E-state index contributed by atoms with van der Waals surface area (Å²) < 4.78 is 5.53. The largest absolute Gasteiger partial charge is 0.340 e. The average molecular weight is 369 g/mol. The van der Waals surface area contributed by atoms with Crippen LogP contribution in [0, 0.1) is 12.8 Å². The molecule has 0 aliphatic carbocycles. The van der Waals surface area contributed by atoms with Crippen LogP contribution in [0.25, 0.3) is 11.4 Å². The van der Waals surface area contributed by atoms with E-state index in [0.29, 0.717) is 17.6 Å². The van der Waals surface area contributed by atoms with Gasteiger partial charge in [-0.15, -0.1) is 0 Å². The van der Waals surface area contributed by atoms with Crippen LogP contribution in [-0.2, 0) is 4.79 Å². The van der Waals surface area contributed by atoms with Crippen molar-refractivity contribution in [2.24, 2.45) is 5.92 Å². The summed E-state index contributed by atoms with van der Waals surface area (Å²) in [6, 6.07) is 8.16. The molecular weight excluding hydrogens is 342 g/mol. The fraction of sp³-hybridized carbons (Fsp3) is 0.550. The minimum absolute atomic E-state index is 0.0436. The Balaban J connectivity index is 1.36. The molecule has 2 saturated heterocycles. The van der Waals surface area contributed by atoms with Gasteiger partial charge in [0.05, 0.1) is 12.0 Å². The molecule has 7 heteroatoms. The van der Waals surface area contributed by atoms with Gasteiger partial charge in [-0.25, -0.2) is 0 Å². The lowest BCUT2D eigenvalue weighted by Gasteiger charge is -2.37. The Morgan fingerprint density at radius 1 is 1.22 bits per heavy atom.